The van der Waals surface area contributed by atoms with Crippen molar-refractivity contribution in [3.05, 3.63) is 318 Å². The van der Waals surface area contributed by atoms with Crippen LogP contribution in [0.25, 0.3) is 55.3 Å². The fraction of sp³-hybridized carbons (Fsp3) is 0.172. The number of esters is 3. The van der Waals surface area contributed by atoms with Gasteiger partial charge in [0.15, 0.2) is 0 Å². The van der Waals surface area contributed by atoms with Crippen LogP contribution in [0.3, 0.4) is 0 Å². The third-order valence-corrected chi connectivity index (χ3v) is 22.3. The zero-order chi connectivity index (χ0) is 77.3. The number of rotatable bonds is 23. The Bertz CT molecular complexity index is 5600. The van der Waals surface area contributed by atoms with Crippen LogP contribution < -0.4 is 33.2 Å². The maximum Gasteiger partial charge on any atom is 0.315 e. The van der Waals surface area contributed by atoms with Crippen LogP contribution in [0.5, 0.6) is 40.2 Å². The second-order valence-corrected chi connectivity index (χ2v) is 27.9. The highest BCUT2D eigenvalue weighted by Gasteiger charge is 2.63. The van der Waals surface area contributed by atoms with E-state index in [0.29, 0.717) is 83.6 Å². The summed E-state index contributed by atoms with van der Waals surface area (Å²) >= 11 is 0. The van der Waals surface area contributed by atoms with Gasteiger partial charge in [0.1, 0.15) is 57.7 Å². The average molecular weight is 1480 g/mol. The highest BCUT2D eigenvalue weighted by molar-refractivity contribution is 5.94. The minimum absolute atomic E-state index is 0.0323. The van der Waals surface area contributed by atoms with E-state index in [2.05, 4.69) is 6.07 Å². The Labute approximate surface area is 638 Å². The first-order valence-corrected chi connectivity index (χ1v) is 36.1. The van der Waals surface area contributed by atoms with Crippen molar-refractivity contribution < 1.29 is 81.6 Å². The number of nitrogens with zero attached hydrogens (tertiary/aromatic N) is 1. The molecule has 18 heteroatoms. The molecule has 0 aromatic heterocycles. The molecule has 552 valence electrons. The molecule has 0 spiro atoms. The van der Waals surface area contributed by atoms with Crippen molar-refractivity contribution in [2.24, 2.45) is 35.5 Å². The van der Waals surface area contributed by atoms with Crippen molar-refractivity contribution in [2.75, 3.05) is 28.4 Å². The predicted molar refractivity (Wildman–Crippen MR) is 412 cm³/mol. The van der Waals surface area contributed by atoms with Gasteiger partial charge in [-0.15, -0.1) is 0 Å². The van der Waals surface area contributed by atoms with Gasteiger partial charge in [0, 0.05) is 46.5 Å². The number of carbonyl (C=O) groups excluding carboxylic acids is 3. The van der Waals surface area contributed by atoms with E-state index in [4.69, 9.17) is 33.2 Å². The number of carboxylic acids is 3. The van der Waals surface area contributed by atoms with E-state index in [0.717, 1.165) is 5.39 Å². The Morgan fingerprint density at radius 3 is 1.24 bits per heavy atom. The molecular formula is C93H72FNO16. The van der Waals surface area contributed by atoms with Gasteiger partial charge >= 0.3 is 35.8 Å². The summed E-state index contributed by atoms with van der Waals surface area (Å²) in [6.07, 6.45) is 0. The number of ether oxygens (including phenoxy) is 7. The van der Waals surface area contributed by atoms with Gasteiger partial charge in [-0.3, -0.25) is 28.8 Å². The molecular weight excluding hydrogens is 1410 g/mol. The van der Waals surface area contributed by atoms with Crippen LogP contribution in [0.2, 0.25) is 0 Å². The first kappa shape index (κ1) is 72.9. The molecule has 3 aliphatic rings. The van der Waals surface area contributed by atoms with Crippen molar-refractivity contribution in [3.63, 3.8) is 0 Å². The molecule has 15 rings (SSSR count). The second kappa shape index (κ2) is 30.9. The molecule has 3 fully saturated rings. The SMILES string of the molecule is COc1ccc(-c2cc(OC(=O)[C@@H]3C(c4ccccc4OC)C(C(=O)O)[C@@H]3c3cc(-c4cc(-c5ccccc5)cc(OC(=O)[C@H]5C(c6ccccc6)[C@@H](C(=O)O)[C@@H]5c5ccccc5)c4C#N)ccc3OC)cc(-c3ccc(F)cc3)c2)cc1C1C(C(=O)Oc2cccc3ccccc23)[C@@H](c2ccccc2OC)[C@@H]1C(=O)O. The Morgan fingerprint density at radius 1 is 0.324 bits per heavy atom. The summed E-state index contributed by atoms with van der Waals surface area (Å²) in [5, 5.41) is 46.8. The van der Waals surface area contributed by atoms with Crippen LogP contribution in [0.4, 0.5) is 4.39 Å². The number of hydrogen-bond acceptors (Lipinski definition) is 14. The molecule has 0 radical (unpaired) electrons. The lowest BCUT2D eigenvalue weighted by molar-refractivity contribution is -0.160. The van der Waals surface area contributed by atoms with Crippen LogP contribution in [0.1, 0.15) is 74.5 Å². The Balaban J connectivity index is 0.837. The van der Waals surface area contributed by atoms with Crippen LogP contribution in [0, 0.1) is 52.7 Å². The molecule has 111 heavy (non-hydrogen) atoms. The number of carbonyl (C=O) groups is 6. The molecule has 12 atom stereocenters. The number of para-hydroxylation sites is 2. The number of fused-ring (bicyclic) bond motifs is 1. The van der Waals surface area contributed by atoms with Gasteiger partial charge < -0.3 is 48.5 Å². The normalized spacial score (nSPS) is 20.8. The van der Waals surface area contributed by atoms with Crippen LogP contribution in [-0.4, -0.2) is 79.6 Å². The zero-order valence-electron chi connectivity index (χ0n) is 60.4. The maximum absolute atomic E-state index is 16.1. The summed E-state index contributed by atoms with van der Waals surface area (Å²) < 4.78 is 58.3. The van der Waals surface area contributed by atoms with Crippen molar-refractivity contribution in [2.45, 2.75) is 35.5 Å². The molecule has 12 aromatic carbocycles. The monoisotopic (exact) mass is 1480 g/mol. The minimum atomic E-state index is -1.38. The summed E-state index contributed by atoms with van der Waals surface area (Å²) in [4.78, 5) is 88.2. The van der Waals surface area contributed by atoms with Gasteiger partial charge in [0.25, 0.3) is 0 Å². The number of hydrogen-bond donors (Lipinski definition) is 3. The van der Waals surface area contributed by atoms with Crippen molar-refractivity contribution >= 4 is 46.6 Å². The molecule has 3 saturated carbocycles. The molecule has 0 aliphatic heterocycles. The van der Waals surface area contributed by atoms with Crippen LogP contribution in [0.15, 0.2) is 273 Å². The minimum Gasteiger partial charge on any atom is -0.496 e. The Morgan fingerprint density at radius 2 is 0.712 bits per heavy atom. The molecule has 12 aromatic rings. The van der Waals surface area contributed by atoms with E-state index in [-0.39, 0.29) is 45.4 Å². The van der Waals surface area contributed by atoms with Gasteiger partial charge in [0.05, 0.1) is 63.9 Å². The third kappa shape index (κ3) is 13.6. The fourth-order valence-electron chi connectivity index (χ4n) is 17.3. The summed E-state index contributed by atoms with van der Waals surface area (Å²) in [6.45, 7) is 0. The first-order valence-electron chi connectivity index (χ1n) is 36.1. The number of benzene rings is 12. The average Bonchev–Trinajstić information content (AvgIpc) is 0.724. The zero-order valence-corrected chi connectivity index (χ0v) is 60.4. The van der Waals surface area contributed by atoms with Crippen LogP contribution in [-0.2, 0) is 28.8 Å². The fourth-order valence-corrected chi connectivity index (χ4v) is 17.3. The third-order valence-electron chi connectivity index (χ3n) is 22.3. The van der Waals surface area contributed by atoms with E-state index >= 15 is 14.4 Å². The van der Waals surface area contributed by atoms with Crippen molar-refractivity contribution in [1.29, 1.82) is 5.26 Å². The highest BCUT2D eigenvalue weighted by Crippen LogP contribution is 2.64. The number of methoxy groups -OCH3 is 4. The highest BCUT2D eigenvalue weighted by atomic mass is 19.1. The summed E-state index contributed by atoms with van der Waals surface area (Å²) in [6, 6.07) is 79.9. The van der Waals surface area contributed by atoms with E-state index in [1.54, 1.807) is 200 Å². The lowest BCUT2D eigenvalue weighted by Gasteiger charge is -2.49. The summed E-state index contributed by atoms with van der Waals surface area (Å²) in [5.41, 5.74) is 6.20. The van der Waals surface area contributed by atoms with Crippen molar-refractivity contribution in [3.8, 4) is 90.8 Å². The van der Waals surface area contributed by atoms with Crippen molar-refractivity contribution in [1.82, 2.24) is 0 Å². The van der Waals surface area contributed by atoms with Gasteiger partial charge in [-0.05, 0) is 163 Å². The Kier molecular flexibility index (Phi) is 20.3. The summed E-state index contributed by atoms with van der Waals surface area (Å²) in [5.74, 6) is -18.4. The molecule has 0 bridgehead atoms. The van der Waals surface area contributed by atoms with Gasteiger partial charge in [0.2, 0.25) is 0 Å². The van der Waals surface area contributed by atoms with Gasteiger partial charge in [-0.25, -0.2) is 4.39 Å². The number of nitriles is 1. The quantitative estimate of drug-likeness (QED) is 0.0397. The topological polar surface area (TPSA) is 252 Å². The molecule has 3 aliphatic carbocycles. The van der Waals surface area contributed by atoms with E-state index in [9.17, 15) is 39.4 Å². The largest absolute Gasteiger partial charge is 0.496 e. The molecule has 3 N–H and O–H groups in total. The molecule has 17 nitrogen and oxygen atoms in total. The molecule has 0 amide bonds. The standard InChI is InChI=1S/C93H72FNO16/c1-105-70-32-18-16-30-64(70)78-83(89(98)99)81(68-47-57(38-42-73(68)108-4)66-48-60(51-21-8-5-9-22-51)49-75(69(66)50-95)111-92(103)85-76(54-24-10-6-11-25-54)82(88(96)97)77(85)55-26-12-7-13-27-55)86(78)91(102)109-62-44-58(52-35-39-61(94)40-36-52)43-59(45-62)56-37-41-72(107-3)67(46-56)80-84(90(100)101)79(65-31-17-19-33-71(65)106-2)87(80)93(104)110-74-34-20-28-53-23-14-15-29-63(53)74/h5-49,76-87H,1-4H3,(H,96,97)(H,98,99)(H,100,101)/t76-,77?,78?,79-,80?,81-,82-,83?,84-,85+,86+,87?/m0/s1. The predicted octanol–water partition coefficient (Wildman–Crippen LogP) is 18.0. The first-order chi connectivity index (χ1) is 54.0. The maximum atomic E-state index is 16.1. The molecule has 5 unspecified atom stereocenters. The Hall–Kier alpha value is -13.7. The van der Waals surface area contributed by atoms with E-state index < -0.39 is 113 Å². The lowest BCUT2D eigenvalue weighted by Crippen LogP contribution is -2.52. The number of halogens is 1. The molecule has 0 heterocycles. The lowest BCUT2D eigenvalue weighted by atomic mass is 9.52. The van der Waals surface area contributed by atoms with E-state index in [1.165, 1.54) is 40.6 Å². The number of carboxylic acid groups (broad SMARTS) is 3. The summed E-state index contributed by atoms with van der Waals surface area (Å²) in [7, 11) is 5.75. The molecule has 0 saturated heterocycles. The smallest absolute Gasteiger partial charge is 0.315 e. The van der Waals surface area contributed by atoms with E-state index in [1.807, 2.05) is 60.7 Å². The van der Waals surface area contributed by atoms with Gasteiger partial charge in [-0.2, -0.15) is 5.26 Å². The second-order valence-electron chi connectivity index (χ2n) is 27.9. The number of aliphatic carboxylic acids is 3. The van der Waals surface area contributed by atoms with Gasteiger partial charge in [-0.1, -0.05) is 188 Å². The van der Waals surface area contributed by atoms with Crippen LogP contribution >= 0.6 is 0 Å².